The Morgan fingerprint density at radius 2 is 1.08 bits per heavy atom. The van der Waals surface area contributed by atoms with Crippen molar-refractivity contribution in [2.45, 2.75) is 26.1 Å². The zero-order chi connectivity index (χ0) is 10.3. The van der Waals surface area contributed by atoms with Gasteiger partial charge in [-0.3, -0.25) is 0 Å². The van der Waals surface area contributed by atoms with Crippen molar-refractivity contribution in [1.29, 1.82) is 0 Å². The number of aliphatic hydroxyl groups excluding tert-OH is 2. The van der Waals surface area contributed by atoms with Gasteiger partial charge in [-0.1, -0.05) is 0 Å². The number of carbonyl (C=O) groups excluding carboxylic acids is 2. The largest absolute Gasteiger partial charge is 2.00 e. The van der Waals surface area contributed by atoms with Crippen molar-refractivity contribution in [3.05, 3.63) is 0 Å². The molecule has 7 heteroatoms. The Bertz CT molecular complexity index is 137. The topological polar surface area (TPSA) is 121 Å². The van der Waals surface area contributed by atoms with E-state index in [-0.39, 0.29) is 37.7 Å². The van der Waals surface area contributed by atoms with E-state index in [0.717, 1.165) is 13.8 Å². The van der Waals surface area contributed by atoms with Crippen molar-refractivity contribution in [1.82, 2.24) is 0 Å². The molecule has 0 spiro atoms. The molecule has 0 aromatic rings. The molecule has 0 aliphatic heterocycles. The van der Waals surface area contributed by atoms with Gasteiger partial charge in [-0.2, -0.15) is 0 Å². The summed E-state index contributed by atoms with van der Waals surface area (Å²) in [5.74, 6) is -2.87. The van der Waals surface area contributed by atoms with Gasteiger partial charge in [-0.25, -0.2) is 0 Å². The standard InChI is InChI=1S/2C3H6O3.Ca/c2*1-2(4)3(5)6;/h2*2,4H,1H3,(H,5,6);/q;;+2/p-2/t2*2-;/m10./s1. The molecule has 0 amide bonds. The van der Waals surface area contributed by atoms with Crippen LogP contribution >= 0.6 is 0 Å². The van der Waals surface area contributed by atoms with Crippen LogP contribution in [-0.2, 0) is 9.59 Å². The first-order chi connectivity index (χ1) is 5.29. The van der Waals surface area contributed by atoms with Gasteiger partial charge < -0.3 is 30.0 Å². The summed E-state index contributed by atoms with van der Waals surface area (Å²) in [5, 5.41) is 34.6. The molecule has 2 N–H and O–H groups in total. The van der Waals surface area contributed by atoms with Gasteiger partial charge in [-0.05, 0) is 13.8 Å². The number of aliphatic carboxylic acids is 2. The van der Waals surface area contributed by atoms with Crippen molar-refractivity contribution in [3.8, 4) is 0 Å². The molecule has 0 aromatic heterocycles. The predicted octanol–water partition coefficient (Wildman–Crippen LogP) is -4.15. The van der Waals surface area contributed by atoms with Gasteiger partial charge in [0, 0.05) is 0 Å². The van der Waals surface area contributed by atoms with Crippen LogP contribution in [0.25, 0.3) is 0 Å². The molecular weight excluding hydrogens is 208 g/mol. The summed E-state index contributed by atoms with van der Waals surface area (Å²) in [7, 11) is 0. The third-order valence-corrected chi connectivity index (χ3v) is 0.682. The van der Waals surface area contributed by atoms with E-state index in [1.54, 1.807) is 0 Å². The minimum atomic E-state index is -1.44. The third-order valence-electron chi connectivity index (χ3n) is 0.682. The molecule has 72 valence electrons. The Morgan fingerprint density at radius 1 is 1.00 bits per heavy atom. The van der Waals surface area contributed by atoms with Crippen LogP contribution in [0.15, 0.2) is 0 Å². The maximum atomic E-state index is 9.34. The van der Waals surface area contributed by atoms with Gasteiger partial charge >= 0.3 is 37.7 Å². The molecule has 6 nitrogen and oxygen atoms in total. The number of carboxylic acid groups (broad SMARTS) is 2. The maximum absolute atomic E-state index is 9.34. The van der Waals surface area contributed by atoms with Crippen molar-refractivity contribution >= 4 is 49.7 Å². The zero-order valence-corrected chi connectivity index (χ0v) is 9.60. The molecule has 2 atom stereocenters. The number of aliphatic hydroxyl groups is 2. The fourth-order valence-corrected chi connectivity index (χ4v) is 0. The van der Waals surface area contributed by atoms with Crippen molar-refractivity contribution < 1.29 is 30.0 Å². The summed E-state index contributed by atoms with van der Waals surface area (Å²) in [6.45, 7) is 2.27. The summed E-state index contributed by atoms with van der Waals surface area (Å²) in [4.78, 5) is 18.7. The Labute approximate surface area is 105 Å². The third kappa shape index (κ3) is 18.8. The summed E-state index contributed by atoms with van der Waals surface area (Å²) < 4.78 is 0. The average molecular weight is 218 g/mol. The van der Waals surface area contributed by atoms with Crippen molar-refractivity contribution in [2.24, 2.45) is 0 Å². The van der Waals surface area contributed by atoms with E-state index in [2.05, 4.69) is 0 Å². The van der Waals surface area contributed by atoms with Gasteiger partial charge in [0.15, 0.2) is 0 Å². The van der Waals surface area contributed by atoms with E-state index in [4.69, 9.17) is 10.2 Å². The van der Waals surface area contributed by atoms with E-state index >= 15 is 0 Å². The van der Waals surface area contributed by atoms with E-state index < -0.39 is 24.1 Å². The fraction of sp³-hybridized carbons (Fsp3) is 0.667. The SMILES string of the molecule is C[C@@H](O)C(=O)[O-].C[C@H](O)C(=O)[O-].[Ca+2]. The second-order valence-corrected chi connectivity index (χ2v) is 1.99. The van der Waals surface area contributed by atoms with Crippen LogP contribution in [-0.4, -0.2) is 72.1 Å². The molecule has 0 radical (unpaired) electrons. The molecule has 13 heavy (non-hydrogen) atoms. The van der Waals surface area contributed by atoms with E-state index in [1.807, 2.05) is 0 Å². The van der Waals surface area contributed by atoms with Crippen LogP contribution < -0.4 is 10.2 Å². The predicted molar refractivity (Wildman–Crippen MR) is 39.1 cm³/mol. The molecule has 0 aromatic carbocycles. The normalized spacial score (nSPS) is 12.6. The van der Waals surface area contributed by atoms with E-state index in [9.17, 15) is 19.8 Å². The minimum absolute atomic E-state index is 0. The Hall–Kier alpha value is 0.120. The first kappa shape index (κ1) is 18.8. The van der Waals surface area contributed by atoms with Gasteiger partial charge in [0.2, 0.25) is 0 Å². The molecule has 0 rings (SSSR count). The second-order valence-electron chi connectivity index (χ2n) is 1.99. The van der Waals surface area contributed by atoms with Gasteiger partial charge in [-0.15, -0.1) is 0 Å². The summed E-state index contributed by atoms with van der Waals surface area (Å²) in [6, 6.07) is 0. The number of hydrogen-bond donors (Lipinski definition) is 2. The molecular formula is C6H10CaO6. The first-order valence-electron chi connectivity index (χ1n) is 3.06. The fourth-order valence-electron chi connectivity index (χ4n) is 0. The number of hydrogen-bond acceptors (Lipinski definition) is 6. The first-order valence-corrected chi connectivity index (χ1v) is 3.06. The Kier molecular flexibility index (Phi) is 14.8. The van der Waals surface area contributed by atoms with Crippen LogP contribution in [0.1, 0.15) is 13.8 Å². The van der Waals surface area contributed by atoms with Crippen LogP contribution in [0, 0.1) is 0 Å². The average Bonchev–Trinajstić information content (AvgIpc) is 1.88. The minimum Gasteiger partial charge on any atom is -0.547 e. The maximum Gasteiger partial charge on any atom is 2.00 e. The molecule has 0 unspecified atom stereocenters. The van der Waals surface area contributed by atoms with Gasteiger partial charge in [0.05, 0.1) is 24.1 Å². The van der Waals surface area contributed by atoms with Crippen LogP contribution in [0.3, 0.4) is 0 Å². The summed E-state index contributed by atoms with van der Waals surface area (Å²) >= 11 is 0. The molecule has 0 saturated carbocycles. The summed E-state index contributed by atoms with van der Waals surface area (Å²) in [6.07, 6.45) is -2.69. The van der Waals surface area contributed by atoms with E-state index in [1.165, 1.54) is 0 Å². The molecule has 0 aliphatic rings. The van der Waals surface area contributed by atoms with Gasteiger partial charge in [0.25, 0.3) is 0 Å². The molecule has 0 saturated heterocycles. The van der Waals surface area contributed by atoms with Gasteiger partial charge in [0.1, 0.15) is 0 Å². The van der Waals surface area contributed by atoms with Crippen LogP contribution in [0.5, 0.6) is 0 Å². The number of carboxylic acids is 2. The number of rotatable bonds is 2. The summed E-state index contributed by atoms with van der Waals surface area (Å²) in [5.41, 5.74) is 0. The molecule has 0 heterocycles. The van der Waals surface area contributed by atoms with Crippen molar-refractivity contribution in [2.75, 3.05) is 0 Å². The van der Waals surface area contributed by atoms with Crippen LogP contribution in [0.2, 0.25) is 0 Å². The Balaban J connectivity index is -0.000000143. The molecule has 0 bridgehead atoms. The van der Waals surface area contributed by atoms with Crippen LogP contribution in [0.4, 0.5) is 0 Å². The second kappa shape index (κ2) is 10.2. The number of carbonyl (C=O) groups is 2. The zero-order valence-electron chi connectivity index (χ0n) is 7.39. The Morgan fingerprint density at radius 3 is 1.08 bits per heavy atom. The smallest absolute Gasteiger partial charge is 0.547 e. The van der Waals surface area contributed by atoms with Crippen molar-refractivity contribution in [3.63, 3.8) is 0 Å². The monoisotopic (exact) mass is 218 g/mol. The molecule has 0 aliphatic carbocycles. The van der Waals surface area contributed by atoms with E-state index in [0.29, 0.717) is 0 Å². The quantitative estimate of drug-likeness (QED) is 0.454. The molecule has 0 fully saturated rings.